The highest BCUT2D eigenvalue weighted by Gasteiger charge is 2.36. The number of hydrogen-bond donors (Lipinski definition) is 2. The summed E-state index contributed by atoms with van der Waals surface area (Å²) in [7, 11) is 0. The van der Waals surface area contributed by atoms with Crippen LogP contribution in [0.15, 0.2) is 30.7 Å². The SMILES string of the molecule is Cc1cnc2c(C(=O)Nc3cc4c(cc3N3CCN(CC(F)F)CC3)C(=O)N(CC(F)C(C)(C)O)C4)cnn2c1. The number of carbonyl (C=O) groups excluding carboxylic acids is 2. The molecule has 0 aliphatic carbocycles. The molecular formula is C27H32F3N7O3. The number of alkyl halides is 3. The third-order valence-corrected chi connectivity index (χ3v) is 7.34. The Bertz CT molecular complexity index is 1430. The standard InChI is InChI=1S/C27H32F3N7O3/c1-16-10-31-24-19(11-32-37(24)12-16)25(38)33-20-8-17-13-36(14-22(28)27(2,3)40)26(39)18(17)9-21(20)35-6-4-34(5-7-35)15-23(29)30/h8-12,22-23,40H,4-7,13-15H2,1-3H3,(H,33,38). The molecule has 5 rings (SSSR count). The molecule has 10 nitrogen and oxygen atoms in total. The molecule has 1 aromatic carbocycles. The summed E-state index contributed by atoms with van der Waals surface area (Å²) in [5.74, 6) is -0.824. The minimum absolute atomic E-state index is 0.119. The Hall–Kier alpha value is -3.71. The number of fused-ring (bicyclic) bond motifs is 2. The zero-order chi connectivity index (χ0) is 28.8. The molecule has 2 aliphatic heterocycles. The molecule has 0 bridgehead atoms. The van der Waals surface area contributed by atoms with Crippen molar-refractivity contribution in [2.24, 2.45) is 0 Å². The van der Waals surface area contributed by atoms with E-state index in [2.05, 4.69) is 15.4 Å². The number of piperazine rings is 1. The summed E-state index contributed by atoms with van der Waals surface area (Å²) >= 11 is 0. The number of aliphatic hydroxyl groups is 1. The second kappa shape index (κ2) is 10.7. The summed E-state index contributed by atoms with van der Waals surface area (Å²) in [6.45, 7) is 5.68. The predicted octanol–water partition coefficient (Wildman–Crippen LogP) is 2.74. The van der Waals surface area contributed by atoms with Gasteiger partial charge in [0, 0.05) is 50.7 Å². The molecule has 3 aromatic rings. The minimum Gasteiger partial charge on any atom is -0.387 e. The van der Waals surface area contributed by atoms with E-state index in [-0.39, 0.29) is 31.1 Å². The highest BCUT2D eigenvalue weighted by Crippen LogP contribution is 2.36. The number of halogens is 3. The average Bonchev–Trinajstić information content (AvgIpc) is 3.43. The average molecular weight is 560 g/mol. The van der Waals surface area contributed by atoms with E-state index in [4.69, 9.17) is 0 Å². The first-order valence-corrected chi connectivity index (χ1v) is 13.1. The monoisotopic (exact) mass is 559 g/mol. The van der Waals surface area contributed by atoms with Crippen molar-refractivity contribution in [3.05, 3.63) is 53.0 Å². The maximum Gasteiger partial charge on any atom is 0.261 e. The van der Waals surface area contributed by atoms with Gasteiger partial charge in [-0.1, -0.05) is 0 Å². The molecule has 40 heavy (non-hydrogen) atoms. The molecule has 0 spiro atoms. The predicted molar refractivity (Wildman–Crippen MR) is 143 cm³/mol. The van der Waals surface area contributed by atoms with Crippen LogP contribution >= 0.6 is 0 Å². The second-order valence-corrected chi connectivity index (χ2v) is 10.9. The van der Waals surface area contributed by atoms with Crippen LogP contribution in [-0.2, 0) is 6.54 Å². The van der Waals surface area contributed by atoms with Crippen LogP contribution in [0.3, 0.4) is 0 Å². The van der Waals surface area contributed by atoms with Crippen LogP contribution in [0.2, 0.25) is 0 Å². The fourth-order valence-electron chi connectivity index (χ4n) is 5.02. The summed E-state index contributed by atoms with van der Waals surface area (Å²) in [5, 5.41) is 17.2. The zero-order valence-corrected chi connectivity index (χ0v) is 22.6. The quantitative estimate of drug-likeness (QED) is 0.437. The van der Waals surface area contributed by atoms with Gasteiger partial charge in [0.1, 0.15) is 11.7 Å². The highest BCUT2D eigenvalue weighted by atomic mass is 19.3. The molecule has 2 aliphatic rings. The first kappa shape index (κ1) is 27.8. The van der Waals surface area contributed by atoms with Gasteiger partial charge < -0.3 is 20.2 Å². The number of hydrogen-bond acceptors (Lipinski definition) is 7. The van der Waals surface area contributed by atoms with E-state index in [1.54, 1.807) is 29.4 Å². The van der Waals surface area contributed by atoms with Crippen molar-refractivity contribution in [1.29, 1.82) is 0 Å². The van der Waals surface area contributed by atoms with Gasteiger partial charge in [-0.2, -0.15) is 5.10 Å². The smallest absolute Gasteiger partial charge is 0.261 e. The Morgan fingerprint density at radius 1 is 1.12 bits per heavy atom. The van der Waals surface area contributed by atoms with Crippen molar-refractivity contribution in [2.45, 2.75) is 45.5 Å². The van der Waals surface area contributed by atoms with Crippen LogP contribution in [0.1, 0.15) is 45.7 Å². The van der Waals surface area contributed by atoms with Crippen LogP contribution in [0.25, 0.3) is 5.65 Å². The van der Waals surface area contributed by atoms with E-state index < -0.39 is 24.1 Å². The van der Waals surface area contributed by atoms with Gasteiger partial charge in [0.05, 0.1) is 36.3 Å². The Morgan fingerprint density at radius 3 is 2.52 bits per heavy atom. The van der Waals surface area contributed by atoms with E-state index in [1.807, 2.05) is 11.8 Å². The van der Waals surface area contributed by atoms with Crippen molar-refractivity contribution < 1.29 is 27.9 Å². The summed E-state index contributed by atoms with van der Waals surface area (Å²) in [6.07, 6.45) is 0.733. The molecule has 2 N–H and O–H groups in total. The van der Waals surface area contributed by atoms with E-state index in [0.29, 0.717) is 54.3 Å². The van der Waals surface area contributed by atoms with Gasteiger partial charge in [0.25, 0.3) is 18.2 Å². The third kappa shape index (κ3) is 5.61. The van der Waals surface area contributed by atoms with Crippen LogP contribution in [-0.4, -0.2) is 98.8 Å². The van der Waals surface area contributed by atoms with Crippen molar-refractivity contribution in [3.63, 3.8) is 0 Å². The Kier molecular flexibility index (Phi) is 7.44. The van der Waals surface area contributed by atoms with E-state index in [9.17, 15) is 27.9 Å². The maximum absolute atomic E-state index is 14.6. The third-order valence-electron chi connectivity index (χ3n) is 7.34. The molecule has 0 saturated carbocycles. The topological polar surface area (TPSA) is 106 Å². The first-order valence-electron chi connectivity index (χ1n) is 13.1. The highest BCUT2D eigenvalue weighted by molar-refractivity contribution is 6.10. The lowest BCUT2D eigenvalue weighted by Crippen LogP contribution is -2.48. The summed E-state index contributed by atoms with van der Waals surface area (Å²) < 4.78 is 42.0. The number of anilines is 2. The lowest BCUT2D eigenvalue weighted by molar-refractivity contribution is -0.0159. The van der Waals surface area contributed by atoms with Crippen molar-refractivity contribution in [1.82, 2.24) is 24.4 Å². The second-order valence-electron chi connectivity index (χ2n) is 10.9. The number of amides is 2. The van der Waals surface area contributed by atoms with Crippen LogP contribution in [0, 0.1) is 6.92 Å². The number of benzene rings is 1. The zero-order valence-electron chi connectivity index (χ0n) is 22.6. The molecule has 1 fully saturated rings. The van der Waals surface area contributed by atoms with Crippen molar-refractivity contribution in [3.8, 4) is 0 Å². The lowest BCUT2D eigenvalue weighted by atomic mass is 10.0. The molecule has 4 heterocycles. The van der Waals surface area contributed by atoms with Crippen molar-refractivity contribution in [2.75, 3.05) is 49.5 Å². The molecule has 2 aromatic heterocycles. The Balaban J connectivity index is 1.45. The van der Waals surface area contributed by atoms with E-state index in [0.717, 1.165) is 5.56 Å². The van der Waals surface area contributed by atoms with Crippen LogP contribution in [0.5, 0.6) is 0 Å². The Labute approximate surface area is 229 Å². The van der Waals surface area contributed by atoms with Gasteiger partial charge in [-0.3, -0.25) is 14.5 Å². The number of nitrogens with zero attached hydrogens (tertiary/aromatic N) is 6. The van der Waals surface area contributed by atoms with E-state index in [1.165, 1.54) is 29.5 Å². The summed E-state index contributed by atoms with van der Waals surface area (Å²) in [6, 6.07) is 3.37. The number of aryl methyl sites for hydroxylation is 1. The first-order chi connectivity index (χ1) is 18.9. The fourth-order valence-corrected chi connectivity index (χ4v) is 5.02. The number of carbonyl (C=O) groups is 2. The number of aromatic nitrogens is 3. The van der Waals surface area contributed by atoms with Gasteiger partial charge in [-0.25, -0.2) is 22.7 Å². The maximum atomic E-state index is 14.6. The molecule has 1 unspecified atom stereocenters. The molecule has 1 saturated heterocycles. The van der Waals surface area contributed by atoms with Crippen LogP contribution in [0.4, 0.5) is 24.5 Å². The summed E-state index contributed by atoms with van der Waals surface area (Å²) in [4.78, 5) is 35.9. The molecule has 2 amide bonds. The van der Waals surface area contributed by atoms with Gasteiger partial charge in [-0.05, 0) is 44.0 Å². The van der Waals surface area contributed by atoms with Gasteiger partial charge in [0.2, 0.25) is 0 Å². The Morgan fingerprint density at radius 2 is 1.85 bits per heavy atom. The molecule has 13 heteroatoms. The van der Waals surface area contributed by atoms with Crippen LogP contribution < -0.4 is 10.2 Å². The number of nitrogens with one attached hydrogen (secondary N) is 1. The molecule has 214 valence electrons. The van der Waals surface area contributed by atoms with E-state index >= 15 is 0 Å². The fraction of sp³-hybridized carbons (Fsp3) is 0.481. The van der Waals surface area contributed by atoms with Gasteiger partial charge in [0.15, 0.2) is 5.65 Å². The summed E-state index contributed by atoms with van der Waals surface area (Å²) in [5.41, 5.74) is 1.90. The number of rotatable bonds is 8. The normalized spacial score (nSPS) is 17.1. The molecule has 1 atom stereocenters. The van der Waals surface area contributed by atoms with Gasteiger partial charge >= 0.3 is 0 Å². The molecule has 0 radical (unpaired) electrons. The minimum atomic E-state index is -2.43. The lowest BCUT2D eigenvalue weighted by Gasteiger charge is -2.37. The van der Waals surface area contributed by atoms with Gasteiger partial charge in [-0.15, -0.1) is 0 Å². The molecular weight excluding hydrogens is 527 g/mol. The largest absolute Gasteiger partial charge is 0.387 e. The van der Waals surface area contributed by atoms with Crippen molar-refractivity contribution >= 4 is 28.8 Å².